The fraction of sp³-hybridized carbons (Fsp3) is 0.909. The van der Waals surface area contributed by atoms with Gasteiger partial charge in [-0.1, -0.05) is 20.8 Å². The van der Waals surface area contributed by atoms with E-state index in [-0.39, 0.29) is 6.61 Å². The van der Waals surface area contributed by atoms with Crippen LogP contribution < -0.4 is 0 Å². The zero-order valence-electron chi connectivity index (χ0n) is 11.7. The van der Waals surface area contributed by atoms with Crippen molar-refractivity contribution < 1.29 is 22.1 Å². The molecule has 1 amide bonds. The van der Waals surface area contributed by atoms with Gasteiger partial charge in [-0.25, -0.2) is 4.79 Å². The highest BCUT2D eigenvalue weighted by atomic mass is 32.2. The first-order valence-electron chi connectivity index (χ1n) is 5.76. The molecule has 7 heteroatoms. The Balaban J connectivity index is 3.04. The van der Waals surface area contributed by atoms with Gasteiger partial charge in [0.15, 0.2) is 0 Å². The van der Waals surface area contributed by atoms with Crippen LogP contribution in [0.3, 0.4) is 0 Å². The van der Waals surface area contributed by atoms with Gasteiger partial charge < -0.3 is 4.74 Å². The Hall–Kier alpha value is -0.820. The molecule has 0 aromatic carbocycles. The molecule has 0 saturated carbocycles. The maximum Gasteiger partial charge on any atom is 0.426 e. The topological polar surface area (TPSA) is 72.9 Å². The second-order valence-corrected chi connectivity index (χ2v) is 7.88. The molecule has 0 aromatic heterocycles. The first-order valence-corrected chi connectivity index (χ1v) is 7.13. The van der Waals surface area contributed by atoms with E-state index in [4.69, 9.17) is 8.92 Å². The lowest BCUT2D eigenvalue weighted by atomic mass is 9.87. The van der Waals surface area contributed by atoms with E-state index in [0.29, 0.717) is 4.31 Å². The number of hydrogen-bond donors (Lipinski definition) is 0. The lowest BCUT2D eigenvalue weighted by Crippen LogP contribution is -2.48. The summed E-state index contributed by atoms with van der Waals surface area (Å²) in [6, 6.07) is -0.558. The molecule has 1 fully saturated rings. The van der Waals surface area contributed by atoms with Crippen molar-refractivity contribution in [2.75, 3.05) is 6.61 Å². The molecule has 0 spiro atoms. The van der Waals surface area contributed by atoms with E-state index in [1.54, 1.807) is 20.8 Å². The third kappa shape index (κ3) is 3.35. The molecular weight excluding hydrogens is 258 g/mol. The second-order valence-electron chi connectivity index (χ2n) is 6.40. The van der Waals surface area contributed by atoms with Crippen molar-refractivity contribution in [2.24, 2.45) is 5.41 Å². The molecule has 0 bridgehead atoms. The van der Waals surface area contributed by atoms with Crippen molar-refractivity contribution in [3.05, 3.63) is 0 Å². The van der Waals surface area contributed by atoms with E-state index < -0.39 is 33.5 Å². The van der Waals surface area contributed by atoms with E-state index in [2.05, 4.69) is 0 Å². The molecule has 0 N–H and O–H groups in total. The van der Waals surface area contributed by atoms with Crippen LogP contribution in [0.2, 0.25) is 0 Å². The fourth-order valence-corrected chi connectivity index (χ4v) is 2.88. The van der Waals surface area contributed by atoms with E-state index in [1.807, 2.05) is 20.8 Å². The minimum atomic E-state index is -4.03. The first kappa shape index (κ1) is 15.2. The average Bonchev–Trinajstić information content (AvgIpc) is 2.36. The van der Waals surface area contributed by atoms with Gasteiger partial charge in [0.2, 0.25) is 0 Å². The van der Waals surface area contributed by atoms with E-state index in [1.165, 1.54) is 0 Å². The third-order valence-corrected chi connectivity index (χ3v) is 3.79. The second kappa shape index (κ2) is 4.38. The summed E-state index contributed by atoms with van der Waals surface area (Å²) in [7, 11) is -4.03. The van der Waals surface area contributed by atoms with Crippen LogP contribution in [0, 0.1) is 5.41 Å². The maximum atomic E-state index is 12.0. The Morgan fingerprint density at radius 2 is 1.72 bits per heavy atom. The lowest BCUT2D eigenvalue weighted by Gasteiger charge is -2.32. The van der Waals surface area contributed by atoms with Gasteiger partial charge in [-0.05, 0) is 26.2 Å². The monoisotopic (exact) mass is 279 g/mol. The SMILES string of the molecule is CC(C)(C)OC(=O)N1[C@H](C(C)(C)C)COS1(=O)=O. The summed E-state index contributed by atoms with van der Waals surface area (Å²) in [5, 5.41) is 0. The minimum Gasteiger partial charge on any atom is -0.443 e. The maximum absolute atomic E-state index is 12.0. The Morgan fingerprint density at radius 3 is 2.11 bits per heavy atom. The zero-order valence-corrected chi connectivity index (χ0v) is 12.5. The Bertz CT molecular complexity index is 429. The number of carbonyl (C=O) groups is 1. The summed E-state index contributed by atoms with van der Waals surface area (Å²) >= 11 is 0. The fourth-order valence-electron chi connectivity index (χ4n) is 1.56. The number of nitrogens with zero attached hydrogens (tertiary/aromatic N) is 1. The van der Waals surface area contributed by atoms with Gasteiger partial charge in [0.05, 0.1) is 12.6 Å². The summed E-state index contributed by atoms with van der Waals surface area (Å²) < 4.78 is 34.0. The van der Waals surface area contributed by atoms with Crippen LogP contribution in [-0.2, 0) is 19.2 Å². The summed E-state index contributed by atoms with van der Waals surface area (Å²) in [5.74, 6) is 0. The zero-order chi connectivity index (χ0) is 14.4. The smallest absolute Gasteiger partial charge is 0.426 e. The highest BCUT2D eigenvalue weighted by Crippen LogP contribution is 2.33. The largest absolute Gasteiger partial charge is 0.443 e. The van der Waals surface area contributed by atoms with Crippen molar-refractivity contribution in [1.29, 1.82) is 0 Å². The molecule has 0 aliphatic carbocycles. The van der Waals surface area contributed by atoms with Crippen LogP contribution in [-0.4, -0.2) is 37.1 Å². The number of rotatable bonds is 0. The predicted molar refractivity (Wildman–Crippen MR) is 66.2 cm³/mol. The van der Waals surface area contributed by atoms with Crippen molar-refractivity contribution in [3.8, 4) is 0 Å². The number of ether oxygens (including phenoxy) is 1. The number of carbonyl (C=O) groups excluding carboxylic acids is 1. The highest BCUT2D eigenvalue weighted by Gasteiger charge is 2.49. The van der Waals surface area contributed by atoms with Crippen molar-refractivity contribution in [1.82, 2.24) is 4.31 Å². The molecule has 0 aromatic rings. The molecule has 1 atom stereocenters. The normalized spacial score (nSPS) is 24.1. The van der Waals surface area contributed by atoms with Crippen LogP contribution >= 0.6 is 0 Å². The molecule has 0 radical (unpaired) electrons. The van der Waals surface area contributed by atoms with Crippen LogP contribution in [0.15, 0.2) is 0 Å². The lowest BCUT2D eigenvalue weighted by molar-refractivity contribution is 0.0279. The van der Waals surface area contributed by atoms with Gasteiger partial charge in [-0.2, -0.15) is 12.7 Å². The summed E-state index contributed by atoms with van der Waals surface area (Å²) in [5.41, 5.74) is -1.17. The standard InChI is InChI=1S/C11H21NO5S/c1-10(2,3)8-7-16-18(14,15)12(8)9(13)17-11(4,5)6/h8H,7H2,1-6H3/t8-/m0/s1. The molecule has 6 nitrogen and oxygen atoms in total. The number of amides is 1. The van der Waals surface area contributed by atoms with Gasteiger partial charge >= 0.3 is 16.4 Å². The molecule has 18 heavy (non-hydrogen) atoms. The van der Waals surface area contributed by atoms with Gasteiger partial charge in [0.25, 0.3) is 0 Å². The molecular formula is C11H21NO5S. The first-order chi connectivity index (χ1) is 7.84. The van der Waals surface area contributed by atoms with E-state index >= 15 is 0 Å². The summed E-state index contributed by atoms with van der Waals surface area (Å²) in [4.78, 5) is 12.0. The Kier molecular flexibility index (Phi) is 3.71. The van der Waals surface area contributed by atoms with Crippen molar-refractivity contribution in [2.45, 2.75) is 53.2 Å². The van der Waals surface area contributed by atoms with Gasteiger partial charge in [-0.15, -0.1) is 0 Å². The van der Waals surface area contributed by atoms with Crippen LogP contribution in [0.4, 0.5) is 4.79 Å². The third-order valence-electron chi connectivity index (χ3n) is 2.47. The number of hydrogen-bond acceptors (Lipinski definition) is 5. The highest BCUT2D eigenvalue weighted by molar-refractivity contribution is 7.85. The molecule has 106 valence electrons. The average molecular weight is 279 g/mol. The Labute approximate surface area is 109 Å². The van der Waals surface area contributed by atoms with Gasteiger partial charge in [0.1, 0.15) is 5.60 Å². The van der Waals surface area contributed by atoms with Crippen LogP contribution in [0.25, 0.3) is 0 Å². The van der Waals surface area contributed by atoms with Crippen molar-refractivity contribution in [3.63, 3.8) is 0 Å². The van der Waals surface area contributed by atoms with Crippen LogP contribution in [0.1, 0.15) is 41.5 Å². The quantitative estimate of drug-likeness (QED) is 0.677. The van der Waals surface area contributed by atoms with E-state index in [0.717, 1.165) is 0 Å². The molecule has 1 rings (SSSR count). The van der Waals surface area contributed by atoms with Gasteiger partial charge in [-0.3, -0.25) is 4.18 Å². The van der Waals surface area contributed by atoms with Crippen molar-refractivity contribution >= 4 is 16.4 Å². The minimum absolute atomic E-state index is 0.0366. The predicted octanol–water partition coefficient (Wildman–Crippen LogP) is 1.91. The molecule has 1 aliphatic rings. The molecule has 0 unspecified atom stereocenters. The van der Waals surface area contributed by atoms with E-state index in [9.17, 15) is 13.2 Å². The summed E-state index contributed by atoms with van der Waals surface area (Å²) in [6.07, 6.45) is -0.889. The van der Waals surface area contributed by atoms with Crippen LogP contribution in [0.5, 0.6) is 0 Å². The molecule has 1 aliphatic heterocycles. The molecule has 1 saturated heterocycles. The molecule has 1 heterocycles. The Morgan fingerprint density at radius 1 is 1.22 bits per heavy atom. The summed E-state index contributed by atoms with van der Waals surface area (Å²) in [6.45, 7) is 10.5. The van der Waals surface area contributed by atoms with Gasteiger partial charge in [0, 0.05) is 0 Å².